The van der Waals surface area contributed by atoms with E-state index in [4.69, 9.17) is 9.94 Å². The molecule has 0 radical (unpaired) electrons. The smallest absolute Gasteiger partial charge is 0.416 e. The van der Waals surface area contributed by atoms with Crippen LogP contribution >= 0.6 is 0 Å². The summed E-state index contributed by atoms with van der Waals surface area (Å²) in [4.78, 5) is 15.6. The van der Waals surface area contributed by atoms with Gasteiger partial charge in [-0.2, -0.15) is 13.2 Å². The zero-order chi connectivity index (χ0) is 21.9. The summed E-state index contributed by atoms with van der Waals surface area (Å²) < 4.78 is 38.5. The predicted octanol–water partition coefficient (Wildman–Crippen LogP) is 3.77. The van der Waals surface area contributed by atoms with Crippen LogP contribution in [0.15, 0.2) is 29.4 Å². The van der Waals surface area contributed by atoms with Crippen molar-refractivity contribution in [2.24, 2.45) is 22.9 Å². The molecule has 2 aliphatic carbocycles. The predicted molar refractivity (Wildman–Crippen MR) is 102 cm³/mol. The lowest BCUT2D eigenvalue weighted by molar-refractivity contribution is -0.138. The Hall–Kier alpha value is -2.13. The van der Waals surface area contributed by atoms with Gasteiger partial charge in [-0.15, -0.1) is 0 Å². The van der Waals surface area contributed by atoms with E-state index >= 15 is 0 Å². The first-order valence-electron chi connectivity index (χ1n) is 10.1. The van der Waals surface area contributed by atoms with Gasteiger partial charge in [0, 0.05) is 12.3 Å². The maximum absolute atomic E-state index is 12.8. The van der Waals surface area contributed by atoms with Gasteiger partial charge in [0.15, 0.2) is 0 Å². The molecule has 6 nitrogen and oxygen atoms in total. The van der Waals surface area contributed by atoms with Crippen LogP contribution < -0.4 is 0 Å². The first kappa shape index (κ1) is 22.6. The van der Waals surface area contributed by atoms with Gasteiger partial charge in [-0.05, 0) is 61.6 Å². The Balaban J connectivity index is 1.48. The average molecular weight is 429 g/mol. The Labute approximate surface area is 172 Å². The number of carboxylic acid groups (broad SMARTS) is 1. The van der Waals surface area contributed by atoms with E-state index in [-0.39, 0.29) is 42.8 Å². The van der Waals surface area contributed by atoms with Crippen molar-refractivity contribution in [3.8, 4) is 0 Å². The number of fused-ring (bicyclic) bond motifs is 1. The fraction of sp³-hybridized carbons (Fsp3) is 0.619. The van der Waals surface area contributed by atoms with Crippen LogP contribution in [0, 0.1) is 17.8 Å². The van der Waals surface area contributed by atoms with Crippen molar-refractivity contribution >= 4 is 11.7 Å². The first-order valence-corrected chi connectivity index (χ1v) is 10.1. The number of hydrogen-bond donors (Lipinski definition) is 3. The third-order valence-corrected chi connectivity index (χ3v) is 6.09. The van der Waals surface area contributed by atoms with Crippen LogP contribution in [-0.2, 0) is 15.8 Å². The monoisotopic (exact) mass is 429 g/mol. The second kappa shape index (κ2) is 9.34. The highest BCUT2D eigenvalue weighted by Gasteiger charge is 2.51. The molecule has 0 heterocycles. The third-order valence-electron chi connectivity index (χ3n) is 6.09. The van der Waals surface area contributed by atoms with Crippen molar-refractivity contribution in [2.45, 2.75) is 56.9 Å². The minimum absolute atomic E-state index is 0.0197. The van der Waals surface area contributed by atoms with Crippen LogP contribution in [0.2, 0.25) is 0 Å². The van der Waals surface area contributed by atoms with Crippen molar-refractivity contribution < 1.29 is 38.1 Å². The van der Waals surface area contributed by atoms with E-state index in [0.717, 1.165) is 17.8 Å². The molecule has 0 saturated heterocycles. The van der Waals surface area contributed by atoms with Gasteiger partial charge in [-0.3, -0.25) is 4.79 Å². The standard InChI is InChI=1S/C21H26F3NO5/c22-21(23,24)14-4-1-3-12(9-14)18(26)7-6-13-10-15-16(20(13)29)11-17(15)25-30-8-2-5-19(27)28/h1,3-4,9,13,15-16,18,20,26,29H,2,5-8,10-11H2,(H,27,28). The summed E-state index contributed by atoms with van der Waals surface area (Å²) in [5.74, 6) is -0.749. The molecule has 2 saturated carbocycles. The molecule has 166 valence electrons. The number of alkyl halides is 3. The van der Waals surface area contributed by atoms with E-state index in [1.807, 2.05) is 0 Å². The molecule has 30 heavy (non-hydrogen) atoms. The maximum atomic E-state index is 12.8. The summed E-state index contributed by atoms with van der Waals surface area (Å²) in [5, 5.41) is 33.5. The number of benzene rings is 1. The number of nitrogens with zero attached hydrogens (tertiary/aromatic N) is 1. The Bertz CT molecular complexity index is 782. The van der Waals surface area contributed by atoms with Crippen LogP contribution in [0.25, 0.3) is 0 Å². The molecule has 1 aromatic carbocycles. The van der Waals surface area contributed by atoms with Gasteiger partial charge < -0.3 is 20.2 Å². The normalized spacial score (nSPS) is 28.1. The summed E-state index contributed by atoms with van der Waals surface area (Å²) in [6.45, 7) is 0.225. The lowest BCUT2D eigenvalue weighted by atomic mass is 9.73. The Morgan fingerprint density at radius 2 is 2.10 bits per heavy atom. The van der Waals surface area contributed by atoms with Crippen LogP contribution in [0.4, 0.5) is 13.2 Å². The summed E-state index contributed by atoms with van der Waals surface area (Å²) in [6, 6.07) is 4.69. The molecule has 2 aliphatic rings. The number of halogens is 3. The molecule has 0 aromatic heterocycles. The third kappa shape index (κ3) is 5.31. The second-order valence-electron chi connectivity index (χ2n) is 8.09. The van der Waals surface area contributed by atoms with Crippen molar-refractivity contribution in [1.82, 2.24) is 0 Å². The van der Waals surface area contributed by atoms with E-state index in [9.17, 15) is 28.2 Å². The van der Waals surface area contributed by atoms with Gasteiger partial charge >= 0.3 is 12.1 Å². The van der Waals surface area contributed by atoms with Gasteiger partial charge in [0.1, 0.15) is 6.61 Å². The van der Waals surface area contributed by atoms with Crippen molar-refractivity contribution in [1.29, 1.82) is 0 Å². The quantitative estimate of drug-likeness (QED) is 0.410. The number of oxime groups is 1. The SMILES string of the molecule is O=C(O)CCCON=C1CC2C1CC(CCC(O)c1cccc(C(F)(F)F)c1)C2O. The van der Waals surface area contributed by atoms with Crippen LogP contribution in [0.5, 0.6) is 0 Å². The highest BCUT2D eigenvalue weighted by atomic mass is 19.4. The number of carbonyl (C=O) groups is 1. The maximum Gasteiger partial charge on any atom is 0.416 e. The van der Waals surface area contributed by atoms with Crippen molar-refractivity contribution in [3.05, 3.63) is 35.4 Å². The Morgan fingerprint density at radius 3 is 2.80 bits per heavy atom. The molecule has 3 rings (SSSR count). The average Bonchev–Trinajstić information content (AvgIpc) is 2.92. The fourth-order valence-electron chi connectivity index (χ4n) is 4.38. The molecule has 0 bridgehead atoms. The van der Waals surface area contributed by atoms with Gasteiger partial charge in [0.25, 0.3) is 0 Å². The first-order chi connectivity index (χ1) is 14.2. The molecule has 0 amide bonds. The van der Waals surface area contributed by atoms with Crippen LogP contribution in [0.1, 0.15) is 55.8 Å². The Kier molecular flexibility index (Phi) is 7.02. The van der Waals surface area contributed by atoms with E-state index < -0.39 is 29.9 Å². The molecule has 5 unspecified atom stereocenters. The summed E-state index contributed by atoms with van der Waals surface area (Å²) in [7, 11) is 0. The number of aliphatic carboxylic acids is 1. The highest BCUT2D eigenvalue weighted by molar-refractivity contribution is 5.93. The lowest BCUT2D eigenvalue weighted by Gasteiger charge is -2.33. The van der Waals surface area contributed by atoms with Crippen molar-refractivity contribution in [3.63, 3.8) is 0 Å². The summed E-state index contributed by atoms with van der Waals surface area (Å²) in [5.41, 5.74) is 0.287. The van der Waals surface area contributed by atoms with E-state index in [2.05, 4.69) is 5.16 Å². The minimum Gasteiger partial charge on any atom is -0.481 e. The fourth-order valence-corrected chi connectivity index (χ4v) is 4.38. The van der Waals surface area contributed by atoms with E-state index in [0.29, 0.717) is 25.7 Å². The van der Waals surface area contributed by atoms with Gasteiger partial charge in [-0.1, -0.05) is 17.3 Å². The molecule has 1 aromatic rings. The molecule has 9 heteroatoms. The number of aliphatic hydroxyl groups excluding tert-OH is 2. The molecular weight excluding hydrogens is 403 g/mol. The van der Waals surface area contributed by atoms with Crippen LogP contribution in [0.3, 0.4) is 0 Å². The van der Waals surface area contributed by atoms with Crippen LogP contribution in [-0.4, -0.2) is 39.7 Å². The van der Waals surface area contributed by atoms with Gasteiger partial charge in [0.2, 0.25) is 0 Å². The summed E-state index contributed by atoms with van der Waals surface area (Å²) in [6.07, 6.45) is -3.54. The summed E-state index contributed by atoms with van der Waals surface area (Å²) >= 11 is 0. The zero-order valence-corrected chi connectivity index (χ0v) is 16.4. The zero-order valence-electron chi connectivity index (χ0n) is 16.4. The van der Waals surface area contributed by atoms with Gasteiger partial charge in [0.05, 0.1) is 23.5 Å². The van der Waals surface area contributed by atoms with Crippen molar-refractivity contribution in [2.75, 3.05) is 6.61 Å². The largest absolute Gasteiger partial charge is 0.481 e. The topological polar surface area (TPSA) is 99.4 Å². The highest BCUT2D eigenvalue weighted by Crippen LogP contribution is 2.49. The lowest BCUT2D eigenvalue weighted by Crippen LogP contribution is -2.38. The number of aliphatic hydroxyl groups is 2. The molecule has 5 atom stereocenters. The number of carboxylic acids is 1. The number of hydrogen-bond acceptors (Lipinski definition) is 5. The molecule has 2 fully saturated rings. The van der Waals surface area contributed by atoms with Gasteiger partial charge in [-0.25, -0.2) is 0 Å². The molecule has 0 spiro atoms. The Morgan fingerprint density at radius 1 is 1.33 bits per heavy atom. The molecule has 3 N–H and O–H groups in total. The molecular formula is C21H26F3NO5. The second-order valence-corrected chi connectivity index (χ2v) is 8.09. The van der Waals surface area contributed by atoms with E-state index in [1.165, 1.54) is 12.1 Å². The number of rotatable bonds is 9. The minimum atomic E-state index is -4.46. The molecule has 0 aliphatic heterocycles. The van der Waals surface area contributed by atoms with E-state index in [1.54, 1.807) is 0 Å².